The van der Waals surface area contributed by atoms with Gasteiger partial charge in [-0.3, -0.25) is 14.5 Å². The molecule has 1 aromatic rings. The molecule has 1 fully saturated rings. The van der Waals surface area contributed by atoms with Gasteiger partial charge in [-0.2, -0.15) is 0 Å². The number of carbonyl (C=O) groups excluding carboxylic acids is 2. The van der Waals surface area contributed by atoms with Crippen molar-refractivity contribution in [3.05, 3.63) is 42.5 Å². The Kier molecular flexibility index (Phi) is 6.61. The standard InChI is InChI=1S/C18H23N3O2S/c1-4-11-21-17(23)15(12-16(22)19-6-3)24-18(21)20-14-10-8-7-9-13(14)5-2/h4,7-10,15H,1,5-6,11-12H2,2-3H3,(H,19,22)/t15-/m0/s1. The van der Waals surface area contributed by atoms with Gasteiger partial charge in [-0.15, -0.1) is 6.58 Å². The highest BCUT2D eigenvalue weighted by Crippen LogP contribution is 2.32. The number of amides is 2. The summed E-state index contributed by atoms with van der Waals surface area (Å²) in [4.78, 5) is 30.7. The largest absolute Gasteiger partial charge is 0.356 e. The minimum absolute atomic E-state index is 0.0844. The van der Waals surface area contributed by atoms with E-state index >= 15 is 0 Å². The number of amidine groups is 1. The molecule has 0 spiro atoms. The summed E-state index contributed by atoms with van der Waals surface area (Å²) in [5.74, 6) is -0.198. The van der Waals surface area contributed by atoms with Crippen LogP contribution in [0.2, 0.25) is 0 Å². The van der Waals surface area contributed by atoms with Crippen LogP contribution in [0.15, 0.2) is 41.9 Å². The fourth-order valence-electron chi connectivity index (χ4n) is 2.48. The monoisotopic (exact) mass is 345 g/mol. The topological polar surface area (TPSA) is 61.8 Å². The molecule has 1 aliphatic heterocycles. The summed E-state index contributed by atoms with van der Waals surface area (Å²) in [6.45, 7) is 8.60. The average molecular weight is 345 g/mol. The molecule has 0 bridgehead atoms. The van der Waals surface area contributed by atoms with Gasteiger partial charge in [0.15, 0.2) is 5.17 Å². The lowest BCUT2D eigenvalue weighted by Gasteiger charge is -2.14. The van der Waals surface area contributed by atoms with Crippen molar-refractivity contribution in [3.63, 3.8) is 0 Å². The number of rotatable bonds is 7. The summed E-state index contributed by atoms with van der Waals surface area (Å²) < 4.78 is 0. The van der Waals surface area contributed by atoms with Gasteiger partial charge in [-0.1, -0.05) is 43.0 Å². The van der Waals surface area contributed by atoms with E-state index in [1.807, 2.05) is 31.2 Å². The molecular weight excluding hydrogens is 322 g/mol. The molecule has 1 aromatic carbocycles. The summed E-state index contributed by atoms with van der Waals surface area (Å²) in [5.41, 5.74) is 1.99. The second-order valence-corrected chi connectivity index (χ2v) is 6.55. The number of nitrogens with one attached hydrogen (secondary N) is 1. The van der Waals surface area contributed by atoms with Crippen molar-refractivity contribution in [2.24, 2.45) is 4.99 Å². The SMILES string of the molecule is C=CCN1C(=O)[C@H](CC(=O)NCC)SC1=Nc1ccccc1CC. The molecule has 1 heterocycles. The molecule has 1 N–H and O–H groups in total. The Morgan fingerprint density at radius 1 is 1.42 bits per heavy atom. The maximum Gasteiger partial charge on any atom is 0.242 e. The lowest BCUT2D eigenvalue weighted by Crippen LogP contribution is -2.34. The Hall–Kier alpha value is -2.08. The van der Waals surface area contributed by atoms with E-state index in [2.05, 4.69) is 23.8 Å². The van der Waals surface area contributed by atoms with Crippen LogP contribution in [-0.4, -0.2) is 40.2 Å². The second-order valence-electron chi connectivity index (χ2n) is 5.38. The number of para-hydroxylation sites is 1. The number of nitrogens with zero attached hydrogens (tertiary/aromatic N) is 2. The Labute approximate surface area is 147 Å². The van der Waals surface area contributed by atoms with Crippen molar-refractivity contribution in [2.75, 3.05) is 13.1 Å². The Balaban J connectivity index is 2.27. The third-order valence-corrected chi connectivity index (χ3v) is 4.84. The Morgan fingerprint density at radius 2 is 2.17 bits per heavy atom. The van der Waals surface area contributed by atoms with Crippen LogP contribution in [0.5, 0.6) is 0 Å². The smallest absolute Gasteiger partial charge is 0.242 e. The predicted octanol–water partition coefficient (Wildman–Crippen LogP) is 2.89. The van der Waals surface area contributed by atoms with E-state index in [9.17, 15) is 9.59 Å². The molecule has 0 aromatic heterocycles. The van der Waals surface area contributed by atoms with Gasteiger partial charge in [-0.05, 0) is 25.0 Å². The first-order chi connectivity index (χ1) is 11.6. The van der Waals surface area contributed by atoms with Crippen LogP contribution in [-0.2, 0) is 16.0 Å². The summed E-state index contributed by atoms with van der Waals surface area (Å²) in [6, 6.07) is 7.89. The molecule has 1 aliphatic rings. The van der Waals surface area contributed by atoms with Crippen LogP contribution in [0.1, 0.15) is 25.8 Å². The Bertz CT molecular complexity index is 657. The first kappa shape index (κ1) is 18.3. The number of hydrogen-bond donors (Lipinski definition) is 1. The van der Waals surface area contributed by atoms with E-state index in [0.29, 0.717) is 18.3 Å². The van der Waals surface area contributed by atoms with Crippen molar-refractivity contribution in [3.8, 4) is 0 Å². The highest BCUT2D eigenvalue weighted by Gasteiger charge is 2.38. The molecule has 0 unspecified atom stereocenters. The quantitative estimate of drug-likeness (QED) is 0.773. The van der Waals surface area contributed by atoms with Crippen molar-refractivity contribution in [1.29, 1.82) is 0 Å². The lowest BCUT2D eigenvalue weighted by atomic mass is 10.1. The van der Waals surface area contributed by atoms with E-state index in [0.717, 1.165) is 17.7 Å². The number of carbonyl (C=O) groups is 2. The van der Waals surface area contributed by atoms with Crippen LogP contribution < -0.4 is 5.32 Å². The molecular formula is C18H23N3O2S. The minimum Gasteiger partial charge on any atom is -0.356 e. The van der Waals surface area contributed by atoms with Crippen LogP contribution in [0.25, 0.3) is 0 Å². The van der Waals surface area contributed by atoms with Crippen LogP contribution in [0.3, 0.4) is 0 Å². The maximum atomic E-state index is 12.6. The van der Waals surface area contributed by atoms with Gasteiger partial charge in [0.1, 0.15) is 5.25 Å². The molecule has 1 atom stereocenters. The van der Waals surface area contributed by atoms with Gasteiger partial charge >= 0.3 is 0 Å². The molecule has 0 aliphatic carbocycles. The average Bonchev–Trinajstić information content (AvgIpc) is 2.85. The van der Waals surface area contributed by atoms with E-state index in [4.69, 9.17) is 0 Å². The van der Waals surface area contributed by atoms with Crippen LogP contribution in [0, 0.1) is 0 Å². The molecule has 0 radical (unpaired) electrons. The van der Waals surface area contributed by atoms with E-state index in [-0.39, 0.29) is 18.2 Å². The molecule has 2 rings (SSSR count). The number of thioether (sulfide) groups is 1. The minimum atomic E-state index is -0.427. The first-order valence-electron chi connectivity index (χ1n) is 8.12. The zero-order chi connectivity index (χ0) is 17.5. The predicted molar refractivity (Wildman–Crippen MR) is 99.5 cm³/mol. The number of hydrogen-bond acceptors (Lipinski definition) is 4. The van der Waals surface area contributed by atoms with Gasteiger partial charge in [-0.25, -0.2) is 4.99 Å². The summed E-state index contributed by atoms with van der Waals surface area (Å²) >= 11 is 1.35. The molecule has 2 amide bonds. The third-order valence-electron chi connectivity index (χ3n) is 3.67. The van der Waals surface area contributed by atoms with Gasteiger partial charge < -0.3 is 5.32 Å². The fraction of sp³-hybridized carbons (Fsp3) is 0.389. The van der Waals surface area contributed by atoms with Gasteiger partial charge in [0, 0.05) is 19.5 Å². The van der Waals surface area contributed by atoms with Gasteiger partial charge in [0.05, 0.1) is 5.69 Å². The summed E-state index contributed by atoms with van der Waals surface area (Å²) in [5, 5.41) is 2.95. The maximum absolute atomic E-state index is 12.6. The van der Waals surface area contributed by atoms with Gasteiger partial charge in [0.25, 0.3) is 0 Å². The van der Waals surface area contributed by atoms with Gasteiger partial charge in [0.2, 0.25) is 11.8 Å². The molecule has 1 saturated heterocycles. The summed E-state index contributed by atoms with van der Waals surface area (Å²) in [6.07, 6.45) is 2.71. The highest BCUT2D eigenvalue weighted by atomic mass is 32.2. The summed E-state index contributed by atoms with van der Waals surface area (Å²) in [7, 11) is 0. The zero-order valence-electron chi connectivity index (χ0n) is 14.1. The van der Waals surface area contributed by atoms with E-state index < -0.39 is 5.25 Å². The molecule has 6 heteroatoms. The van der Waals surface area contributed by atoms with Crippen molar-refractivity contribution in [1.82, 2.24) is 10.2 Å². The van der Waals surface area contributed by atoms with E-state index in [1.165, 1.54) is 11.8 Å². The number of aryl methyl sites for hydroxylation is 1. The molecule has 128 valence electrons. The second kappa shape index (κ2) is 8.68. The normalized spacial score (nSPS) is 18.9. The molecule has 5 nitrogen and oxygen atoms in total. The first-order valence-corrected chi connectivity index (χ1v) is 9.00. The van der Waals surface area contributed by atoms with Crippen LogP contribution in [0.4, 0.5) is 5.69 Å². The van der Waals surface area contributed by atoms with E-state index in [1.54, 1.807) is 11.0 Å². The fourth-order valence-corrected chi connectivity index (χ4v) is 3.64. The number of benzene rings is 1. The Morgan fingerprint density at radius 3 is 2.83 bits per heavy atom. The van der Waals surface area contributed by atoms with Crippen LogP contribution >= 0.6 is 11.8 Å². The van der Waals surface area contributed by atoms with Crippen molar-refractivity contribution < 1.29 is 9.59 Å². The molecule has 24 heavy (non-hydrogen) atoms. The van der Waals surface area contributed by atoms with Crippen molar-refractivity contribution in [2.45, 2.75) is 31.9 Å². The molecule has 0 saturated carbocycles. The zero-order valence-corrected chi connectivity index (χ0v) is 14.9. The lowest BCUT2D eigenvalue weighted by molar-refractivity contribution is -0.129. The third kappa shape index (κ3) is 4.26. The highest BCUT2D eigenvalue weighted by molar-refractivity contribution is 8.15. The number of aliphatic imine (C=N–C) groups is 1. The van der Waals surface area contributed by atoms with Crippen molar-refractivity contribution >= 4 is 34.4 Å².